The van der Waals surface area contributed by atoms with E-state index in [0.29, 0.717) is 43.9 Å². The summed E-state index contributed by atoms with van der Waals surface area (Å²) in [5.41, 5.74) is 0.531. The molecule has 29 heavy (non-hydrogen) atoms. The normalized spacial score (nSPS) is 24.4. The van der Waals surface area contributed by atoms with Crippen LogP contribution in [0.3, 0.4) is 0 Å². The Morgan fingerprint density at radius 1 is 1.38 bits per heavy atom. The molecule has 0 spiro atoms. The molecule has 0 aromatic carbocycles. The van der Waals surface area contributed by atoms with Crippen LogP contribution in [-0.4, -0.2) is 49.1 Å². The number of halogens is 3. The van der Waals surface area contributed by atoms with Crippen molar-refractivity contribution in [2.24, 2.45) is 0 Å². The zero-order valence-electron chi connectivity index (χ0n) is 16.3. The first kappa shape index (κ1) is 19.8. The first-order valence-electron chi connectivity index (χ1n) is 10.1. The highest BCUT2D eigenvalue weighted by molar-refractivity contribution is 5.77. The van der Waals surface area contributed by atoms with Crippen LogP contribution in [0.5, 0.6) is 0 Å². The molecular formula is C19H25F3N6O. The molecule has 0 bridgehead atoms. The predicted molar refractivity (Wildman–Crippen MR) is 100 cm³/mol. The lowest BCUT2D eigenvalue weighted by molar-refractivity contribution is -0.173. The minimum absolute atomic E-state index is 0.0271. The lowest BCUT2D eigenvalue weighted by Gasteiger charge is -2.32. The van der Waals surface area contributed by atoms with Crippen molar-refractivity contribution < 1.29 is 18.0 Å². The van der Waals surface area contributed by atoms with Crippen molar-refractivity contribution in [1.29, 1.82) is 0 Å². The van der Waals surface area contributed by atoms with E-state index in [2.05, 4.69) is 15.5 Å². The van der Waals surface area contributed by atoms with Gasteiger partial charge in [0.1, 0.15) is 5.82 Å². The summed E-state index contributed by atoms with van der Waals surface area (Å²) < 4.78 is 43.5. The summed E-state index contributed by atoms with van der Waals surface area (Å²) >= 11 is 0. The fraction of sp³-hybridized carbons (Fsp3) is 0.632. The molecule has 0 aliphatic carbocycles. The van der Waals surface area contributed by atoms with Crippen molar-refractivity contribution in [3.05, 3.63) is 30.2 Å². The third-order valence-corrected chi connectivity index (χ3v) is 5.81. The summed E-state index contributed by atoms with van der Waals surface area (Å²) in [6.07, 6.45) is 1.49. The van der Waals surface area contributed by atoms with E-state index in [1.165, 1.54) is 0 Å². The number of carbonyl (C=O) groups excluding carboxylic acids is 1. The Morgan fingerprint density at radius 3 is 2.90 bits per heavy atom. The van der Waals surface area contributed by atoms with Gasteiger partial charge < -0.3 is 10.2 Å². The number of aromatic nitrogens is 4. The molecule has 0 radical (unpaired) electrons. The first-order valence-corrected chi connectivity index (χ1v) is 10.1. The van der Waals surface area contributed by atoms with Crippen LogP contribution < -0.4 is 5.32 Å². The average molecular weight is 410 g/mol. The SMILES string of the molecule is CC[C@@H]1C[C@H](C(F)(F)F)n2nc(C3CCCN3C(=O)CCn3cccn3)cc2N1. The highest BCUT2D eigenvalue weighted by Gasteiger charge is 2.46. The zero-order chi connectivity index (χ0) is 20.6. The third-order valence-electron chi connectivity index (χ3n) is 5.81. The topological polar surface area (TPSA) is 68.0 Å². The minimum Gasteiger partial charge on any atom is -0.367 e. The number of nitrogens with zero attached hydrogens (tertiary/aromatic N) is 5. The molecular weight excluding hydrogens is 385 g/mol. The number of likely N-dealkylation sites (tertiary alicyclic amines) is 1. The fourth-order valence-corrected chi connectivity index (χ4v) is 4.26. The Kier molecular flexibility index (Phi) is 5.26. The van der Waals surface area contributed by atoms with Crippen molar-refractivity contribution in [3.8, 4) is 0 Å². The van der Waals surface area contributed by atoms with E-state index in [4.69, 9.17) is 0 Å². The molecule has 7 nitrogen and oxygen atoms in total. The van der Waals surface area contributed by atoms with E-state index in [-0.39, 0.29) is 24.4 Å². The number of aryl methyl sites for hydroxylation is 1. The van der Waals surface area contributed by atoms with E-state index in [9.17, 15) is 18.0 Å². The van der Waals surface area contributed by atoms with Crippen LogP contribution in [-0.2, 0) is 11.3 Å². The first-order chi connectivity index (χ1) is 13.9. The number of carbonyl (C=O) groups is 1. The van der Waals surface area contributed by atoms with Gasteiger partial charge in [0, 0.05) is 44.0 Å². The van der Waals surface area contributed by atoms with Crippen molar-refractivity contribution in [3.63, 3.8) is 0 Å². The van der Waals surface area contributed by atoms with Gasteiger partial charge >= 0.3 is 6.18 Å². The largest absolute Gasteiger partial charge is 0.410 e. The minimum atomic E-state index is -4.36. The molecule has 3 atom stereocenters. The van der Waals surface area contributed by atoms with Crippen LogP contribution in [0.1, 0.15) is 56.8 Å². The second-order valence-corrected chi connectivity index (χ2v) is 7.71. The van der Waals surface area contributed by atoms with Crippen LogP contribution in [0.2, 0.25) is 0 Å². The van der Waals surface area contributed by atoms with Gasteiger partial charge in [-0.25, -0.2) is 4.68 Å². The van der Waals surface area contributed by atoms with Crippen molar-refractivity contribution >= 4 is 11.7 Å². The lowest BCUT2D eigenvalue weighted by atomic mass is 10.0. The Balaban J connectivity index is 1.53. The molecule has 1 saturated heterocycles. The molecule has 1 unspecified atom stereocenters. The van der Waals surface area contributed by atoms with Gasteiger partial charge in [-0.05, 0) is 31.7 Å². The van der Waals surface area contributed by atoms with E-state index in [1.807, 2.05) is 6.92 Å². The Morgan fingerprint density at radius 2 is 2.21 bits per heavy atom. The quantitative estimate of drug-likeness (QED) is 0.819. The van der Waals surface area contributed by atoms with Crippen molar-refractivity contribution in [2.45, 2.75) is 69.9 Å². The third kappa shape index (κ3) is 3.97. The van der Waals surface area contributed by atoms with Crippen LogP contribution in [0, 0.1) is 0 Å². The molecule has 0 saturated carbocycles. The van der Waals surface area contributed by atoms with E-state index in [1.54, 1.807) is 34.1 Å². The number of anilines is 1. The van der Waals surface area contributed by atoms with Crippen LogP contribution in [0.25, 0.3) is 0 Å². The molecule has 2 aliphatic heterocycles. The zero-order valence-corrected chi connectivity index (χ0v) is 16.3. The number of nitrogens with one attached hydrogen (secondary N) is 1. The molecule has 1 amide bonds. The van der Waals surface area contributed by atoms with Gasteiger partial charge in [0.15, 0.2) is 6.04 Å². The lowest BCUT2D eigenvalue weighted by Crippen LogP contribution is -2.39. The maximum Gasteiger partial charge on any atom is 0.410 e. The van der Waals surface area contributed by atoms with Crippen molar-refractivity contribution in [2.75, 3.05) is 11.9 Å². The molecule has 2 aliphatic rings. The number of fused-ring (bicyclic) bond motifs is 1. The van der Waals surface area contributed by atoms with Gasteiger partial charge in [0.05, 0.1) is 11.7 Å². The number of hydrogen-bond acceptors (Lipinski definition) is 4. The monoisotopic (exact) mass is 410 g/mol. The summed E-state index contributed by atoms with van der Waals surface area (Å²) in [5.74, 6) is 0.358. The summed E-state index contributed by atoms with van der Waals surface area (Å²) in [6, 6.07) is 1.32. The highest BCUT2D eigenvalue weighted by Crippen LogP contribution is 2.42. The van der Waals surface area contributed by atoms with E-state index >= 15 is 0 Å². The second-order valence-electron chi connectivity index (χ2n) is 7.71. The van der Waals surface area contributed by atoms with Crippen LogP contribution >= 0.6 is 0 Å². The molecule has 2 aromatic heterocycles. The van der Waals surface area contributed by atoms with Gasteiger partial charge in [0.2, 0.25) is 5.91 Å². The highest BCUT2D eigenvalue weighted by atomic mass is 19.4. The van der Waals surface area contributed by atoms with Crippen LogP contribution in [0.4, 0.5) is 19.0 Å². The number of amides is 1. The molecule has 4 heterocycles. The van der Waals surface area contributed by atoms with Gasteiger partial charge in [-0.3, -0.25) is 9.48 Å². The number of rotatable bonds is 5. The molecule has 1 N–H and O–H groups in total. The van der Waals surface area contributed by atoms with E-state index < -0.39 is 12.2 Å². The fourth-order valence-electron chi connectivity index (χ4n) is 4.26. The standard InChI is InChI=1S/C19H25F3N6O/c1-2-13-11-16(19(20,21)22)28-17(24-13)12-14(25-28)15-5-3-9-27(15)18(29)6-10-26-8-4-7-23-26/h4,7-8,12-13,15-16,24H,2-3,5-6,9-11H2,1H3/t13-,15?,16-/m1/s1. The molecule has 1 fully saturated rings. The smallest absolute Gasteiger partial charge is 0.367 e. The summed E-state index contributed by atoms with van der Waals surface area (Å²) in [7, 11) is 0. The maximum absolute atomic E-state index is 13.6. The van der Waals surface area contributed by atoms with Gasteiger partial charge in [0.25, 0.3) is 0 Å². The molecule has 158 valence electrons. The molecule has 4 rings (SSSR count). The van der Waals surface area contributed by atoms with Gasteiger partial charge in [-0.2, -0.15) is 23.4 Å². The average Bonchev–Trinajstić information content (AvgIpc) is 3.43. The Bertz CT molecular complexity index is 847. The Labute approximate surface area is 166 Å². The molecule has 2 aromatic rings. The summed E-state index contributed by atoms with van der Waals surface area (Å²) in [4.78, 5) is 14.5. The van der Waals surface area contributed by atoms with Crippen LogP contribution in [0.15, 0.2) is 24.5 Å². The van der Waals surface area contributed by atoms with E-state index in [0.717, 1.165) is 11.1 Å². The Hall–Kier alpha value is -2.52. The number of alkyl halides is 3. The summed E-state index contributed by atoms with van der Waals surface area (Å²) in [5, 5.41) is 11.6. The second kappa shape index (κ2) is 7.72. The summed E-state index contributed by atoms with van der Waals surface area (Å²) in [6.45, 7) is 2.94. The maximum atomic E-state index is 13.6. The van der Waals surface area contributed by atoms with Crippen molar-refractivity contribution in [1.82, 2.24) is 24.5 Å². The molecule has 10 heteroatoms. The van der Waals surface area contributed by atoms with Gasteiger partial charge in [-0.15, -0.1) is 0 Å². The predicted octanol–water partition coefficient (Wildman–Crippen LogP) is 3.53. The van der Waals surface area contributed by atoms with Gasteiger partial charge in [-0.1, -0.05) is 6.92 Å². The number of hydrogen-bond donors (Lipinski definition) is 1.